The molecule has 4 aromatic carbocycles. The maximum atomic E-state index is 13.6. The Labute approximate surface area is 228 Å². The van der Waals surface area contributed by atoms with Gasteiger partial charge in [-0.15, -0.1) is 0 Å². The van der Waals surface area contributed by atoms with Crippen molar-refractivity contribution in [3.63, 3.8) is 0 Å². The molecule has 0 saturated heterocycles. The van der Waals surface area contributed by atoms with Gasteiger partial charge in [0.15, 0.2) is 5.76 Å². The number of hydrogen-bond donors (Lipinski definition) is 0. The number of nitrogens with zero attached hydrogens (tertiary/aromatic N) is 3. The largest absolute Gasteiger partial charge is 0.496 e. The molecule has 0 aliphatic rings. The second-order valence-corrected chi connectivity index (χ2v) is 9.12. The number of aromatic nitrogens is 2. The van der Waals surface area contributed by atoms with Gasteiger partial charge in [0.2, 0.25) is 5.82 Å². The molecule has 0 aliphatic heterocycles. The molecule has 6 rings (SSSR count). The van der Waals surface area contributed by atoms with E-state index in [0.29, 0.717) is 44.3 Å². The Kier molecular flexibility index (Phi) is 6.57. The van der Waals surface area contributed by atoms with Crippen molar-refractivity contribution >= 4 is 39.7 Å². The fraction of sp³-hybridized carbons (Fsp3) is 0.0645. The van der Waals surface area contributed by atoms with E-state index >= 15 is 0 Å². The topological polar surface area (TPSA) is 78.9 Å². The summed E-state index contributed by atoms with van der Waals surface area (Å²) in [6.45, 7) is 0.286. The minimum atomic E-state index is -0.325. The van der Waals surface area contributed by atoms with Crippen LogP contribution in [0.3, 0.4) is 0 Å². The summed E-state index contributed by atoms with van der Waals surface area (Å²) < 4.78 is 18.9. The number of benzene rings is 4. The third kappa shape index (κ3) is 4.76. The van der Waals surface area contributed by atoms with Crippen LogP contribution in [0.4, 0.5) is 0 Å². The van der Waals surface area contributed by atoms with Crippen LogP contribution in [-0.2, 0) is 6.61 Å². The van der Waals surface area contributed by atoms with Crippen LogP contribution in [0.2, 0.25) is 5.02 Å². The van der Waals surface area contributed by atoms with E-state index in [2.05, 4.69) is 5.10 Å². The zero-order chi connectivity index (χ0) is 26.8. The number of furan rings is 1. The molecular formula is C31H22ClN3O4. The van der Waals surface area contributed by atoms with Gasteiger partial charge in [0, 0.05) is 16.1 Å². The fourth-order valence-corrected chi connectivity index (χ4v) is 4.51. The molecule has 0 N–H and O–H groups in total. The highest BCUT2D eigenvalue weighted by Crippen LogP contribution is 2.33. The number of rotatable bonds is 7. The van der Waals surface area contributed by atoms with E-state index in [1.807, 2.05) is 72.8 Å². The van der Waals surface area contributed by atoms with Crippen LogP contribution in [0.15, 0.2) is 111 Å². The summed E-state index contributed by atoms with van der Waals surface area (Å²) >= 11 is 6.29. The van der Waals surface area contributed by atoms with Crippen molar-refractivity contribution in [2.75, 3.05) is 7.11 Å². The highest BCUT2D eigenvalue weighted by molar-refractivity contribution is 6.31. The van der Waals surface area contributed by atoms with Gasteiger partial charge in [-0.3, -0.25) is 4.79 Å². The van der Waals surface area contributed by atoms with Gasteiger partial charge in [0.1, 0.15) is 23.7 Å². The van der Waals surface area contributed by atoms with E-state index in [1.165, 1.54) is 4.68 Å². The summed E-state index contributed by atoms with van der Waals surface area (Å²) in [5.74, 6) is 1.91. The van der Waals surface area contributed by atoms with Gasteiger partial charge >= 0.3 is 0 Å². The van der Waals surface area contributed by atoms with Crippen molar-refractivity contribution in [1.29, 1.82) is 0 Å². The van der Waals surface area contributed by atoms with E-state index in [-0.39, 0.29) is 18.0 Å². The van der Waals surface area contributed by atoms with Crippen molar-refractivity contribution in [2.45, 2.75) is 6.61 Å². The standard InChI is InChI=1S/C31H22ClN3O4/c1-37-27-15-8-16-28-23(27)17-29(39-28)30-34-25-13-6-4-11-22(25)31(36)35(30)33-18-20-9-3-7-14-26(20)38-19-21-10-2-5-12-24(21)32/h2-18H,19H2,1H3. The highest BCUT2D eigenvalue weighted by atomic mass is 35.5. The third-order valence-corrected chi connectivity index (χ3v) is 6.66. The van der Waals surface area contributed by atoms with Gasteiger partial charge in [-0.1, -0.05) is 60.1 Å². The van der Waals surface area contributed by atoms with Gasteiger partial charge in [-0.25, -0.2) is 4.98 Å². The molecule has 192 valence electrons. The molecule has 39 heavy (non-hydrogen) atoms. The van der Waals surface area contributed by atoms with Crippen molar-refractivity contribution in [3.8, 4) is 23.1 Å². The summed E-state index contributed by atoms with van der Waals surface area (Å²) in [6.07, 6.45) is 1.58. The first-order valence-corrected chi connectivity index (χ1v) is 12.6. The summed E-state index contributed by atoms with van der Waals surface area (Å²) in [5.41, 5.74) is 2.37. The fourth-order valence-electron chi connectivity index (χ4n) is 4.32. The SMILES string of the molecule is COc1cccc2oc(-c3nc4ccccc4c(=O)n3N=Cc3ccccc3OCc3ccccc3Cl)cc12. The molecule has 0 saturated carbocycles. The molecule has 0 fully saturated rings. The van der Waals surface area contributed by atoms with Gasteiger partial charge in [0.25, 0.3) is 5.56 Å². The van der Waals surface area contributed by atoms with E-state index in [0.717, 1.165) is 10.9 Å². The van der Waals surface area contributed by atoms with E-state index in [1.54, 1.807) is 37.6 Å². The van der Waals surface area contributed by atoms with E-state index in [4.69, 9.17) is 30.5 Å². The minimum absolute atomic E-state index is 0.266. The van der Waals surface area contributed by atoms with Gasteiger partial charge in [0.05, 0.1) is 29.6 Å². The molecule has 0 bridgehead atoms. The van der Waals surface area contributed by atoms with Crippen molar-refractivity contribution in [1.82, 2.24) is 9.66 Å². The number of ether oxygens (including phenoxy) is 2. The zero-order valence-electron chi connectivity index (χ0n) is 20.9. The molecule has 7 nitrogen and oxygen atoms in total. The molecule has 0 amide bonds. The van der Waals surface area contributed by atoms with Gasteiger partial charge in [-0.2, -0.15) is 9.78 Å². The molecule has 6 aromatic rings. The Hall–Kier alpha value is -4.88. The van der Waals surface area contributed by atoms with Crippen LogP contribution in [0, 0.1) is 0 Å². The molecule has 0 spiro atoms. The van der Waals surface area contributed by atoms with E-state index in [9.17, 15) is 4.79 Å². The second-order valence-electron chi connectivity index (χ2n) is 8.71. The average molecular weight is 536 g/mol. The van der Waals surface area contributed by atoms with Gasteiger partial charge in [-0.05, 0) is 48.5 Å². The predicted octanol–water partition coefficient (Wildman–Crippen LogP) is 6.93. The van der Waals surface area contributed by atoms with Gasteiger partial charge < -0.3 is 13.9 Å². The Bertz CT molecular complexity index is 1910. The number of hydrogen-bond acceptors (Lipinski definition) is 6. The molecule has 0 atom stereocenters. The lowest BCUT2D eigenvalue weighted by Gasteiger charge is -2.11. The zero-order valence-corrected chi connectivity index (χ0v) is 21.6. The first kappa shape index (κ1) is 24.5. The Morgan fingerprint density at radius 1 is 0.923 bits per heavy atom. The smallest absolute Gasteiger partial charge is 0.282 e. The monoisotopic (exact) mass is 535 g/mol. The lowest BCUT2D eigenvalue weighted by atomic mass is 10.2. The molecular weight excluding hydrogens is 514 g/mol. The average Bonchev–Trinajstić information content (AvgIpc) is 3.41. The minimum Gasteiger partial charge on any atom is -0.496 e. The first-order chi connectivity index (χ1) is 19.1. The van der Waals surface area contributed by atoms with Crippen molar-refractivity contribution < 1.29 is 13.9 Å². The molecule has 2 heterocycles. The van der Waals surface area contributed by atoms with Crippen LogP contribution < -0.4 is 15.0 Å². The highest BCUT2D eigenvalue weighted by Gasteiger charge is 2.18. The second kappa shape index (κ2) is 10.5. The molecule has 0 radical (unpaired) electrons. The lowest BCUT2D eigenvalue weighted by molar-refractivity contribution is 0.306. The normalized spacial score (nSPS) is 11.4. The van der Waals surface area contributed by atoms with Crippen LogP contribution >= 0.6 is 11.6 Å². The number of fused-ring (bicyclic) bond motifs is 2. The predicted molar refractivity (Wildman–Crippen MR) is 153 cm³/mol. The summed E-state index contributed by atoms with van der Waals surface area (Å²) in [5, 5.41) is 6.41. The maximum absolute atomic E-state index is 13.6. The lowest BCUT2D eigenvalue weighted by Crippen LogP contribution is -2.20. The van der Waals surface area contributed by atoms with Crippen LogP contribution in [0.5, 0.6) is 11.5 Å². The van der Waals surface area contributed by atoms with Crippen LogP contribution in [0.25, 0.3) is 33.5 Å². The van der Waals surface area contributed by atoms with Crippen LogP contribution in [-0.4, -0.2) is 23.0 Å². The molecule has 0 aliphatic carbocycles. The summed E-state index contributed by atoms with van der Waals surface area (Å²) in [7, 11) is 1.60. The molecule has 2 aromatic heterocycles. The third-order valence-electron chi connectivity index (χ3n) is 6.29. The Balaban J connectivity index is 1.44. The Morgan fingerprint density at radius 3 is 2.56 bits per heavy atom. The Morgan fingerprint density at radius 2 is 1.69 bits per heavy atom. The number of para-hydroxylation sites is 2. The molecule has 8 heteroatoms. The summed E-state index contributed by atoms with van der Waals surface area (Å²) in [6, 6.07) is 29.4. The number of methoxy groups -OCH3 is 1. The first-order valence-electron chi connectivity index (χ1n) is 12.2. The number of halogens is 1. The van der Waals surface area contributed by atoms with E-state index < -0.39 is 0 Å². The quantitative estimate of drug-likeness (QED) is 0.207. The summed E-state index contributed by atoms with van der Waals surface area (Å²) in [4.78, 5) is 18.4. The maximum Gasteiger partial charge on any atom is 0.282 e. The van der Waals surface area contributed by atoms with Crippen molar-refractivity contribution in [2.24, 2.45) is 5.10 Å². The van der Waals surface area contributed by atoms with Crippen molar-refractivity contribution in [3.05, 3.63) is 124 Å². The molecule has 0 unspecified atom stereocenters. The van der Waals surface area contributed by atoms with Crippen LogP contribution in [0.1, 0.15) is 11.1 Å².